The minimum atomic E-state index is -2.92. The van der Waals surface area contributed by atoms with Crippen LogP contribution < -0.4 is 11.5 Å². The van der Waals surface area contributed by atoms with Crippen LogP contribution in [-0.4, -0.2) is 16.1 Å². The van der Waals surface area contributed by atoms with Crippen molar-refractivity contribution in [2.24, 2.45) is 5.73 Å². The first-order chi connectivity index (χ1) is 6.97. The monoisotopic (exact) mass is 217 g/mol. The SMILES string of the molecule is NCc1cc(C(=O)O)nc(C(F)F)c1N. The molecule has 1 aromatic heterocycles. The van der Waals surface area contributed by atoms with Gasteiger partial charge in [0.2, 0.25) is 0 Å². The number of halogens is 2. The summed E-state index contributed by atoms with van der Waals surface area (Å²) in [6.45, 7) is -0.117. The van der Waals surface area contributed by atoms with E-state index < -0.39 is 23.8 Å². The molecule has 0 aliphatic carbocycles. The Morgan fingerprint density at radius 2 is 2.20 bits per heavy atom. The Balaban J connectivity index is 3.38. The summed E-state index contributed by atoms with van der Waals surface area (Å²) in [5.74, 6) is -1.40. The van der Waals surface area contributed by atoms with Gasteiger partial charge < -0.3 is 16.6 Å². The van der Waals surface area contributed by atoms with Crippen molar-refractivity contribution in [3.8, 4) is 0 Å². The second kappa shape index (κ2) is 4.18. The lowest BCUT2D eigenvalue weighted by atomic mass is 10.1. The Morgan fingerprint density at radius 3 is 2.60 bits per heavy atom. The fourth-order valence-corrected chi connectivity index (χ4v) is 1.07. The normalized spacial score (nSPS) is 10.7. The Bertz CT molecular complexity index is 396. The fourth-order valence-electron chi connectivity index (χ4n) is 1.07. The summed E-state index contributed by atoms with van der Waals surface area (Å²) in [5, 5.41) is 8.61. The highest BCUT2D eigenvalue weighted by atomic mass is 19.3. The van der Waals surface area contributed by atoms with Crippen LogP contribution in [0.4, 0.5) is 14.5 Å². The first-order valence-electron chi connectivity index (χ1n) is 3.98. The van der Waals surface area contributed by atoms with Crippen molar-refractivity contribution in [2.75, 3.05) is 5.73 Å². The zero-order valence-corrected chi connectivity index (χ0v) is 7.58. The zero-order valence-electron chi connectivity index (χ0n) is 7.58. The van der Waals surface area contributed by atoms with Gasteiger partial charge in [-0.05, 0) is 11.6 Å². The van der Waals surface area contributed by atoms with Gasteiger partial charge in [-0.15, -0.1) is 0 Å². The van der Waals surface area contributed by atoms with Gasteiger partial charge in [-0.3, -0.25) is 0 Å². The van der Waals surface area contributed by atoms with Crippen molar-refractivity contribution in [3.63, 3.8) is 0 Å². The molecule has 0 spiro atoms. The Hall–Kier alpha value is -1.76. The van der Waals surface area contributed by atoms with Gasteiger partial charge in [0.1, 0.15) is 11.4 Å². The summed E-state index contributed by atoms with van der Waals surface area (Å²) in [7, 11) is 0. The van der Waals surface area contributed by atoms with Crippen LogP contribution in [0.2, 0.25) is 0 Å². The molecule has 0 saturated carbocycles. The third-order valence-electron chi connectivity index (χ3n) is 1.82. The number of nitrogens with zero attached hydrogens (tertiary/aromatic N) is 1. The van der Waals surface area contributed by atoms with Crippen LogP contribution in [0.1, 0.15) is 28.2 Å². The molecule has 0 radical (unpaired) electrons. The van der Waals surface area contributed by atoms with Gasteiger partial charge >= 0.3 is 5.97 Å². The van der Waals surface area contributed by atoms with E-state index in [2.05, 4.69) is 4.98 Å². The molecule has 7 heteroatoms. The molecule has 82 valence electrons. The topological polar surface area (TPSA) is 102 Å². The molecule has 0 bridgehead atoms. The zero-order chi connectivity index (χ0) is 11.6. The lowest BCUT2D eigenvalue weighted by Crippen LogP contribution is -2.12. The molecule has 5 nitrogen and oxygen atoms in total. The Kier molecular flexibility index (Phi) is 3.15. The molecule has 0 atom stereocenters. The average molecular weight is 217 g/mol. The van der Waals surface area contributed by atoms with Gasteiger partial charge in [-0.25, -0.2) is 18.6 Å². The molecule has 1 aromatic rings. The van der Waals surface area contributed by atoms with Crippen LogP contribution in [0.15, 0.2) is 6.07 Å². The third kappa shape index (κ3) is 2.18. The maximum atomic E-state index is 12.4. The number of carboxylic acid groups (broad SMARTS) is 1. The van der Waals surface area contributed by atoms with E-state index in [0.717, 1.165) is 6.07 Å². The summed E-state index contributed by atoms with van der Waals surface area (Å²) in [4.78, 5) is 13.8. The minimum Gasteiger partial charge on any atom is -0.477 e. The summed E-state index contributed by atoms with van der Waals surface area (Å²) >= 11 is 0. The number of hydrogen-bond donors (Lipinski definition) is 3. The minimum absolute atomic E-state index is 0.117. The van der Waals surface area contributed by atoms with Gasteiger partial charge in [0.15, 0.2) is 0 Å². The molecule has 5 N–H and O–H groups in total. The first kappa shape index (κ1) is 11.3. The molecule has 1 rings (SSSR count). The smallest absolute Gasteiger partial charge is 0.354 e. The molecule has 0 saturated heterocycles. The van der Waals surface area contributed by atoms with Gasteiger partial charge in [-0.1, -0.05) is 0 Å². The van der Waals surface area contributed by atoms with E-state index >= 15 is 0 Å². The van der Waals surface area contributed by atoms with E-state index in [1.807, 2.05) is 0 Å². The van der Waals surface area contributed by atoms with E-state index in [9.17, 15) is 13.6 Å². The number of nitrogens with two attached hydrogens (primary N) is 2. The van der Waals surface area contributed by atoms with E-state index in [1.165, 1.54) is 0 Å². The molecule has 0 fully saturated rings. The summed E-state index contributed by atoms with van der Waals surface area (Å²) in [6, 6.07) is 1.09. The lowest BCUT2D eigenvalue weighted by Gasteiger charge is -2.09. The van der Waals surface area contributed by atoms with Crippen molar-refractivity contribution < 1.29 is 18.7 Å². The third-order valence-corrected chi connectivity index (χ3v) is 1.82. The standard InChI is InChI=1S/C8H9F2N3O2/c9-7(10)6-5(12)3(2-11)1-4(13-6)8(14)15/h1,7H,2,11-12H2,(H,14,15). The molecule has 1 heterocycles. The second-order valence-electron chi connectivity index (χ2n) is 2.78. The summed E-state index contributed by atoms with van der Waals surface area (Å²) < 4.78 is 24.8. The van der Waals surface area contributed by atoms with Gasteiger partial charge in [-0.2, -0.15) is 0 Å². The Labute approximate surface area is 83.7 Å². The molecule has 0 unspecified atom stereocenters. The summed E-state index contributed by atoms with van der Waals surface area (Å²) in [5.41, 5.74) is 9.26. The van der Waals surface area contributed by atoms with Crippen LogP contribution in [0.25, 0.3) is 0 Å². The van der Waals surface area contributed by atoms with Crippen molar-refractivity contribution in [1.82, 2.24) is 4.98 Å². The number of hydrogen-bond acceptors (Lipinski definition) is 4. The van der Waals surface area contributed by atoms with Crippen LogP contribution in [0.5, 0.6) is 0 Å². The number of pyridine rings is 1. The number of alkyl halides is 2. The largest absolute Gasteiger partial charge is 0.477 e. The molecule has 0 aromatic carbocycles. The maximum Gasteiger partial charge on any atom is 0.354 e. The highest BCUT2D eigenvalue weighted by Crippen LogP contribution is 2.26. The number of anilines is 1. The number of carbonyl (C=O) groups is 1. The van der Waals surface area contributed by atoms with E-state index in [0.29, 0.717) is 0 Å². The molecule has 0 aliphatic heterocycles. The van der Waals surface area contributed by atoms with Crippen molar-refractivity contribution in [1.29, 1.82) is 0 Å². The quantitative estimate of drug-likeness (QED) is 0.693. The highest BCUT2D eigenvalue weighted by Gasteiger charge is 2.19. The first-order valence-corrected chi connectivity index (χ1v) is 3.98. The van der Waals surface area contributed by atoms with Gasteiger partial charge in [0.05, 0.1) is 5.69 Å². The maximum absolute atomic E-state index is 12.4. The van der Waals surface area contributed by atoms with Gasteiger partial charge in [0.25, 0.3) is 6.43 Å². The molecule has 0 amide bonds. The van der Waals surface area contributed by atoms with Crippen LogP contribution in [-0.2, 0) is 6.54 Å². The predicted octanol–water partition coefficient (Wildman–Crippen LogP) is 0.758. The van der Waals surface area contributed by atoms with Crippen molar-refractivity contribution in [2.45, 2.75) is 13.0 Å². The molecule has 15 heavy (non-hydrogen) atoms. The van der Waals surface area contributed by atoms with E-state index in [1.54, 1.807) is 0 Å². The number of aromatic nitrogens is 1. The van der Waals surface area contributed by atoms with Crippen molar-refractivity contribution >= 4 is 11.7 Å². The molecular weight excluding hydrogens is 208 g/mol. The number of rotatable bonds is 3. The molecular formula is C8H9F2N3O2. The van der Waals surface area contributed by atoms with Gasteiger partial charge in [0, 0.05) is 6.54 Å². The second-order valence-corrected chi connectivity index (χ2v) is 2.78. The number of carboxylic acids is 1. The van der Waals surface area contributed by atoms with Crippen molar-refractivity contribution in [3.05, 3.63) is 23.0 Å². The average Bonchev–Trinajstić information content (AvgIpc) is 2.17. The van der Waals surface area contributed by atoms with Crippen LogP contribution in [0, 0.1) is 0 Å². The Morgan fingerprint density at radius 1 is 1.60 bits per heavy atom. The molecule has 0 aliphatic rings. The number of aromatic carboxylic acids is 1. The predicted molar refractivity (Wildman–Crippen MR) is 48.5 cm³/mol. The van der Waals surface area contributed by atoms with E-state index in [-0.39, 0.29) is 17.8 Å². The van der Waals surface area contributed by atoms with Crippen LogP contribution >= 0.6 is 0 Å². The van der Waals surface area contributed by atoms with E-state index in [4.69, 9.17) is 16.6 Å². The summed E-state index contributed by atoms with van der Waals surface area (Å²) in [6.07, 6.45) is -2.92. The fraction of sp³-hybridized carbons (Fsp3) is 0.250. The lowest BCUT2D eigenvalue weighted by molar-refractivity contribution is 0.0688. The highest BCUT2D eigenvalue weighted by molar-refractivity contribution is 5.86. The number of nitrogen functional groups attached to an aromatic ring is 1. The van der Waals surface area contributed by atoms with Crippen LogP contribution in [0.3, 0.4) is 0 Å².